The monoisotopic (exact) mass is 239 g/mol. The van der Waals surface area contributed by atoms with Crippen LogP contribution >= 0.6 is 0 Å². The van der Waals surface area contributed by atoms with Gasteiger partial charge in [-0.3, -0.25) is 9.78 Å². The molecule has 3 heteroatoms. The van der Waals surface area contributed by atoms with E-state index >= 15 is 0 Å². The van der Waals surface area contributed by atoms with Gasteiger partial charge in [0.05, 0.1) is 7.11 Å². The molecule has 0 unspecified atom stereocenters. The molecule has 2 aromatic rings. The van der Waals surface area contributed by atoms with Crippen LogP contribution in [0, 0.1) is 0 Å². The lowest BCUT2D eigenvalue weighted by molar-refractivity contribution is 0.104. The first-order chi connectivity index (χ1) is 8.81. The van der Waals surface area contributed by atoms with E-state index in [-0.39, 0.29) is 5.78 Å². The lowest BCUT2D eigenvalue weighted by Crippen LogP contribution is -1.96. The van der Waals surface area contributed by atoms with Crippen molar-refractivity contribution in [2.24, 2.45) is 0 Å². The fraction of sp³-hybridized carbons (Fsp3) is 0.0667. The number of aromatic nitrogens is 1. The Morgan fingerprint density at radius 1 is 1.17 bits per heavy atom. The van der Waals surface area contributed by atoms with Gasteiger partial charge in [0.2, 0.25) is 5.78 Å². The molecule has 0 saturated heterocycles. The van der Waals surface area contributed by atoms with Gasteiger partial charge in [0.15, 0.2) is 0 Å². The van der Waals surface area contributed by atoms with Gasteiger partial charge in [0, 0.05) is 11.8 Å². The summed E-state index contributed by atoms with van der Waals surface area (Å²) in [5, 5.41) is 0. The Balaban J connectivity index is 2.19. The van der Waals surface area contributed by atoms with E-state index in [0.717, 1.165) is 11.3 Å². The molecule has 0 saturated carbocycles. The average molecular weight is 239 g/mol. The Morgan fingerprint density at radius 3 is 2.67 bits per heavy atom. The maximum absolute atomic E-state index is 11.8. The fourth-order valence-electron chi connectivity index (χ4n) is 1.56. The third kappa shape index (κ3) is 2.83. The summed E-state index contributed by atoms with van der Waals surface area (Å²) in [7, 11) is 1.60. The molecule has 0 spiro atoms. The third-order valence-corrected chi connectivity index (χ3v) is 2.47. The Bertz CT molecular complexity index is 562. The summed E-state index contributed by atoms with van der Waals surface area (Å²) in [5.74, 6) is 0.615. The fourth-order valence-corrected chi connectivity index (χ4v) is 1.56. The highest BCUT2D eigenvalue weighted by molar-refractivity contribution is 6.05. The predicted molar refractivity (Wildman–Crippen MR) is 70.6 cm³/mol. The Morgan fingerprint density at radius 2 is 1.94 bits per heavy atom. The Kier molecular flexibility index (Phi) is 3.86. The van der Waals surface area contributed by atoms with Crippen LogP contribution in [0.4, 0.5) is 0 Å². The van der Waals surface area contributed by atoms with Crippen LogP contribution in [-0.2, 0) is 0 Å². The van der Waals surface area contributed by atoms with Crippen molar-refractivity contribution in [3.05, 3.63) is 66.0 Å². The standard InChI is InChI=1S/C15H13NO2/c1-18-15-8-3-2-6-12(15)9-10-14(17)13-7-4-5-11-16-13/h2-11H,1H3. The molecule has 0 bridgehead atoms. The highest BCUT2D eigenvalue weighted by Gasteiger charge is 2.02. The zero-order valence-corrected chi connectivity index (χ0v) is 10.0. The number of ketones is 1. The maximum Gasteiger partial charge on any atom is 0.204 e. The van der Waals surface area contributed by atoms with Crippen molar-refractivity contribution in [2.75, 3.05) is 7.11 Å². The van der Waals surface area contributed by atoms with Crippen molar-refractivity contribution in [1.29, 1.82) is 0 Å². The van der Waals surface area contributed by atoms with Crippen LogP contribution in [0.15, 0.2) is 54.7 Å². The summed E-state index contributed by atoms with van der Waals surface area (Å²) in [4.78, 5) is 15.8. The summed E-state index contributed by atoms with van der Waals surface area (Å²) in [5.41, 5.74) is 1.30. The van der Waals surface area contributed by atoms with Crippen LogP contribution in [0.3, 0.4) is 0 Å². The average Bonchev–Trinajstić information content (AvgIpc) is 2.46. The molecule has 0 fully saturated rings. The van der Waals surface area contributed by atoms with Gasteiger partial charge in [-0.05, 0) is 30.4 Å². The van der Waals surface area contributed by atoms with Crippen molar-refractivity contribution < 1.29 is 9.53 Å². The van der Waals surface area contributed by atoms with Crippen molar-refractivity contribution in [3.8, 4) is 5.75 Å². The Labute approximate surface area is 106 Å². The molecule has 1 aromatic heterocycles. The molecule has 18 heavy (non-hydrogen) atoms. The molecule has 0 amide bonds. The molecule has 0 radical (unpaired) electrons. The lowest BCUT2D eigenvalue weighted by Gasteiger charge is -2.02. The van der Waals surface area contributed by atoms with Crippen molar-refractivity contribution in [3.63, 3.8) is 0 Å². The van der Waals surface area contributed by atoms with Gasteiger partial charge < -0.3 is 4.74 Å². The molecule has 0 aliphatic heterocycles. The first-order valence-corrected chi connectivity index (χ1v) is 5.58. The number of carbonyl (C=O) groups is 1. The number of benzene rings is 1. The molecule has 0 aliphatic carbocycles. The van der Waals surface area contributed by atoms with E-state index in [2.05, 4.69) is 4.98 Å². The van der Waals surface area contributed by atoms with E-state index < -0.39 is 0 Å². The van der Waals surface area contributed by atoms with E-state index in [1.165, 1.54) is 6.08 Å². The molecular weight excluding hydrogens is 226 g/mol. The van der Waals surface area contributed by atoms with E-state index in [1.54, 1.807) is 37.6 Å². The lowest BCUT2D eigenvalue weighted by atomic mass is 10.1. The van der Waals surface area contributed by atoms with Crippen LogP contribution in [0.1, 0.15) is 16.1 Å². The minimum absolute atomic E-state index is 0.124. The third-order valence-electron chi connectivity index (χ3n) is 2.47. The number of rotatable bonds is 4. The molecule has 1 heterocycles. The van der Waals surface area contributed by atoms with Crippen molar-refractivity contribution >= 4 is 11.9 Å². The predicted octanol–water partition coefficient (Wildman–Crippen LogP) is 2.99. The first-order valence-electron chi connectivity index (χ1n) is 5.58. The van der Waals surface area contributed by atoms with E-state index in [0.29, 0.717) is 5.69 Å². The number of methoxy groups -OCH3 is 1. The molecular formula is C15H13NO2. The minimum atomic E-state index is -0.124. The van der Waals surface area contributed by atoms with Gasteiger partial charge in [0.25, 0.3) is 0 Å². The first kappa shape index (κ1) is 12.0. The van der Waals surface area contributed by atoms with Crippen molar-refractivity contribution in [1.82, 2.24) is 4.98 Å². The molecule has 2 rings (SSSR count). The van der Waals surface area contributed by atoms with Crippen LogP contribution < -0.4 is 4.74 Å². The van der Waals surface area contributed by atoms with E-state index in [1.807, 2.05) is 24.3 Å². The van der Waals surface area contributed by atoms with Gasteiger partial charge in [-0.15, -0.1) is 0 Å². The van der Waals surface area contributed by atoms with Gasteiger partial charge in [-0.1, -0.05) is 24.3 Å². The number of hydrogen-bond acceptors (Lipinski definition) is 3. The van der Waals surface area contributed by atoms with E-state index in [4.69, 9.17) is 4.74 Å². The van der Waals surface area contributed by atoms with Crippen LogP contribution in [0.2, 0.25) is 0 Å². The quantitative estimate of drug-likeness (QED) is 0.608. The largest absolute Gasteiger partial charge is 0.496 e. The SMILES string of the molecule is COc1ccccc1C=CC(=O)c1ccccn1. The highest BCUT2D eigenvalue weighted by Crippen LogP contribution is 2.18. The smallest absolute Gasteiger partial charge is 0.204 e. The number of hydrogen-bond donors (Lipinski definition) is 0. The normalized spacial score (nSPS) is 10.5. The molecule has 3 nitrogen and oxygen atoms in total. The summed E-state index contributed by atoms with van der Waals surface area (Å²) in [6, 6.07) is 12.8. The van der Waals surface area contributed by atoms with Gasteiger partial charge in [0.1, 0.15) is 11.4 Å². The number of allylic oxidation sites excluding steroid dienone is 1. The van der Waals surface area contributed by atoms with Gasteiger partial charge in [-0.2, -0.15) is 0 Å². The Hall–Kier alpha value is -2.42. The van der Waals surface area contributed by atoms with Gasteiger partial charge >= 0.3 is 0 Å². The second kappa shape index (κ2) is 5.77. The van der Waals surface area contributed by atoms with Crippen LogP contribution in [0.25, 0.3) is 6.08 Å². The van der Waals surface area contributed by atoms with Gasteiger partial charge in [-0.25, -0.2) is 0 Å². The molecule has 90 valence electrons. The second-order valence-electron chi connectivity index (χ2n) is 3.65. The number of ether oxygens (including phenoxy) is 1. The van der Waals surface area contributed by atoms with E-state index in [9.17, 15) is 4.79 Å². The molecule has 0 aliphatic rings. The number of nitrogens with zero attached hydrogens (tertiary/aromatic N) is 1. The summed E-state index contributed by atoms with van der Waals surface area (Å²) >= 11 is 0. The highest BCUT2D eigenvalue weighted by atomic mass is 16.5. The van der Waals surface area contributed by atoms with Crippen LogP contribution in [0.5, 0.6) is 5.75 Å². The molecule has 0 atom stereocenters. The molecule has 0 N–H and O–H groups in total. The summed E-state index contributed by atoms with van der Waals surface area (Å²) < 4.78 is 5.21. The second-order valence-corrected chi connectivity index (χ2v) is 3.65. The maximum atomic E-state index is 11.8. The summed E-state index contributed by atoms with van der Waals surface area (Å²) in [6.07, 6.45) is 4.83. The number of para-hydroxylation sites is 1. The summed E-state index contributed by atoms with van der Waals surface area (Å²) in [6.45, 7) is 0. The van der Waals surface area contributed by atoms with Crippen molar-refractivity contribution in [2.45, 2.75) is 0 Å². The topological polar surface area (TPSA) is 39.2 Å². The molecule has 1 aromatic carbocycles. The minimum Gasteiger partial charge on any atom is -0.496 e. The zero-order valence-electron chi connectivity index (χ0n) is 10.0. The number of pyridine rings is 1. The zero-order chi connectivity index (χ0) is 12.8. The number of carbonyl (C=O) groups excluding carboxylic acids is 1. The van der Waals surface area contributed by atoms with Crippen LogP contribution in [-0.4, -0.2) is 17.9 Å².